The maximum Gasteiger partial charge on any atom is 0.258 e. The van der Waals surface area contributed by atoms with Gasteiger partial charge in [0, 0.05) is 11.4 Å². The summed E-state index contributed by atoms with van der Waals surface area (Å²) < 4.78 is 13.9. The number of benzene rings is 2. The molecular formula is C19H21FN4OS. The van der Waals surface area contributed by atoms with Crippen molar-refractivity contribution in [3.05, 3.63) is 65.0 Å². The van der Waals surface area contributed by atoms with Gasteiger partial charge in [0.1, 0.15) is 5.82 Å². The van der Waals surface area contributed by atoms with Gasteiger partial charge in [-0.3, -0.25) is 9.79 Å². The Bertz CT molecular complexity index is 870. The molecule has 0 aliphatic carbocycles. The molecule has 1 atom stereocenters. The summed E-state index contributed by atoms with van der Waals surface area (Å²) in [4.78, 5) is 17.1. The Morgan fingerprint density at radius 1 is 1.31 bits per heavy atom. The first-order valence-corrected chi connectivity index (χ1v) is 9.27. The molecule has 1 aliphatic heterocycles. The first-order chi connectivity index (χ1) is 12.4. The number of amides is 1. The number of rotatable bonds is 3. The normalized spacial score (nSPS) is 19.6. The van der Waals surface area contributed by atoms with Crippen molar-refractivity contribution in [1.29, 1.82) is 0 Å². The Morgan fingerprint density at radius 3 is 2.88 bits per heavy atom. The smallest absolute Gasteiger partial charge is 0.258 e. The Morgan fingerprint density at radius 2 is 2.12 bits per heavy atom. The van der Waals surface area contributed by atoms with Gasteiger partial charge in [0.05, 0.1) is 11.1 Å². The van der Waals surface area contributed by atoms with Gasteiger partial charge in [0.25, 0.3) is 5.91 Å². The zero-order chi connectivity index (χ0) is 18.7. The van der Waals surface area contributed by atoms with Gasteiger partial charge in [-0.25, -0.2) is 10.2 Å². The average molecular weight is 372 g/mol. The molecule has 2 aromatic rings. The molecule has 136 valence electrons. The van der Waals surface area contributed by atoms with Crippen LogP contribution in [0.3, 0.4) is 0 Å². The SMILES string of the molecule is Cc1ccc(F)c(C(=O)Nc2cccc(C3(C)CCSC(NN)=N3)c2)c1. The molecule has 0 saturated heterocycles. The van der Waals surface area contributed by atoms with E-state index in [1.165, 1.54) is 12.1 Å². The molecule has 0 radical (unpaired) electrons. The summed E-state index contributed by atoms with van der Waals surface area (Å²) in [6.07, 6.45) is 0.854. The molecule has 1 unspecified atom stereocenters. The molecule has 3 rings (SSSR count). The number of thioether (sulfide) groups is 1. The number of anilines is 1. The summed E-state index contributed by atoms with van der Waals surface area (Å²) in [5.74, 6) is 5.38. The van der Waals surface area contributed by atoms with Gasteiger partial charge in [0.15, 0.2) is 5.17 Å². The Balaban J connectivity index is 1.86. The highest BCUT2D eigenvalue weighted by atomic mass is 32.2. The van der Waals surface area contributed by atoms with Crippen molar-refractivity contribution in [2.45, 2.75) is 25.8 Å². The molecule has 0 spiro atoms. The van der Waals surface area contributed by atoms with Crippen LogP contribution < -0.4 is 16.6 Å². The minimum absolute atomic E-state index is 0.0309. The van der Waals surface area contributed by atoms with E-state index >= 15 is 0 Å². The highest BCUT2D eigenvalue weighted by molar-refractivity contribution is 8.13. The molecular weight excluding hydrogens is 351 g/mol. The van der Waals surface area contributed by atoms with Crippen LogP contribution in [0, 0.1) is 12.7 Å². The molecule has 26 heavy (non-hydrogen) atoms. The third-order valence-electron chi connectivity index (χ3n) is 4.41. The van der Waals surface area contributed by atoms with Crippen molar-refractivity contribution >= 4 is 28.5 Å². The fraction of sp³-hybridized carbons (Fsp3) is 0.263. The van der Waals surface area contributed by atoms with Crippen molar-refractivity contribution in [1.82, 2.24) is 5.43 Å². The van der Waals surface area contributed by atoms with E-state index in [-0.39, 0.29) is 5.56 Å². The fourth-order valence-corrected chi connectivity index (χ4v) is 3.93. The number of carbonyl (C=O) groups excluding carboxylic acids is 1. The minimum Gasteiger partial charge on any atom is -0.322 e. The number of halogens is 1. The predicted octanol–water partition coefficient (Wildman–Crippen LogP) is 3.56. The molecule has 1 aliphatic rings. The van der Waals surface area contributed by atoms with Crippen LogP contribution in [-0.2, 0) is 5.54 Å². The number of hydrazine groups is 1. The van der Waals surface area contributed by atoms with Gasteiger partial charge in [0.2, 0.25) is 0 Å². The lowest BCUT2D eigenvalue weighted by Gasteiger charge is -2.30. The average Bonchev–Trinajstić information content (AvgIpc) is 2.64. The van der Waals surface area contributed by atoms with E-state index in [9.17, 15) is 9.18 Å². The van der Waals surface area contributed by atoms with Gasteiger partial charge in [-0.05, 0) is 50.1 Å². The molecule has 1 heterocycles. The number of nitrogens with zero attached hydrogens (tertiary/aromatic N) is 1. The second kappa shape index (κ2) is 7.47. The van der Waals surface area contributed by atoms with Crippen LogP contribution in [0.4, 0.5) is 10.1 Å². The molecule has 5 nitrogen and oxygen atoms in total. The molecule has 4 N–H and O–H groups in total. The number of nitrogens with two attached hydrogens (primary N) is 1. The topological polar surface area (TPSA) is 79.5 Å². The summed E-state index contributed by atoms with van der Waals surface area (Å²) in [5, 5.41) is 3.47. The largest absolute Gasteiger partial charge is 0.322 e. The van der Waals surface area contributed by atoms with E-state index in [1.807, 2.05) is 32.0 Å². The van der Waals surface area contributed by atoms with Crippen molar-refractivity contribution in [3.63, 3.8) is 0 Å². The third-order valence-corrected chi connectivity index (χ3v) is 5.30. The van der Waals surface area contributed by atoms with E-state index in [1.54, 1.807) is 23.9 Å². The van der Waals surface area contributed by atoms with Gasteiger partial charge in [-0.2, -0.15) is 0 Å². The molecule has 1 amide bonds. The van der Waals surface area contributed by atoms with Gasteiger partial charge in [-0.1, -0.05) is 35.5 Å². The Kier molecular flexibility index (Phi) is 5.29. The van der Waals surface area contributed by atoms with Gasteiger partial charge >= 0.3 is 0 Å². The third kappa shape index (κ3) is 3.89. The van der Waals surface area contributed by atoms with Crippen LogP contribution in [0.5, 0.6) is 0 Å². The standard InChI is InChI=1S/C19H21FN4OS/c1-12-6-7-16(20)15(10-12)17(25)22-14-5-3-4-13(11-14)19(2)8-9-26-18(23-19)24-21/h3-7,10-11H,8-9,21H2,1-2H3,(H,22,25)(H,23,24). The molecule has 7 heteroatoms. The van der Waals surface area contributed by atoms with Gasteiger partial charge < -0.3 is 10.7 Å². The second-order valence-electron chi connectivity index (χ2n) is 6.45. The number of carbonyl (C=O) groups is 1. The Labute approximate surface area is 156 Å². The molecule has 0 aromatic heterocycles. The lowest BCUT2D eigenvalue weighted by Crippen LogP contribution is -2.35. The summed E-state index contributed by atoms with van der Waals surface area (Å²) in [6, 6.07) is 12.0. The van der Waals surface area contributed by atoms with E-state index in [0.717, 1.165) is 23.3 Å². The first-order valence-electron chi connectivity index (χ1n) is 8.28. The van der Waals surface area contributed by atoms with Crippen LogP contribution in [0.2, 0.25) is 0 Å². The lowest BCUT2D eigenvalue weighted by molar-refractivity contribution is 0.102. The fourth-order valence-electron chi connectivity index (χ4n) is 2.89. The maximum absolute atomic E-state index is 13.9. The van der Waals surface area contributed by atoms with Gasteiger partial charge in [-0.15, -0.1) is 0 Å². The molecule has 0 fully saturated rings. The lowest BCUT2D eigenvalue weighted by atomic mass is 9.89. The Hall–Kier alpha value is -2.38. The molecule has 0 saturated carbocycles. The van der Waals surface area contributed by atoms with E-state index < -0.39 is 17.3 Å². The highest BCUT2D eigenvalue weighted by Gasteiger charge is 2.30. The van der Waals surface area contributed by atoms with E-state index in [0.29, 0.717) is 10.9 Å². The summed E-state index contributed by atoms with van der Waals surface area (Å²) >= 11 is 1.58. The highest BCUT2D eigenvalue weighted by Crippen LogP contribution is 2.36. The van der Waals surface area contributed by atoms with Crippen molar-refractivity contribution in [2.75, 3.05) is 11.1 Å². The summed E-state index contributed by atoms with van der Waals surface area (Å²) in [7, 11) is 0. The zero-order valence-corrected chi connectivity index (χ0v) is 15.5. The van der Waals surface area contributed by atoms with Crippen LogP contribution in [0.1, 0.15) is 34.8 Å². The number of amidine groups is 1. The van der Waals surface area contributed by atoms with E-state index in [2.05, 4.69) is 15.7 Å². The summed E-state index contributed by atoms with van der Waals surface area (Å²) in [5.41, 5.74) is 4.61. The number of hydrogen-bond acceptors (Lipinski definition) is 5. The van der Waals surface area contributed by atoms with Crippen LogP contribution in [-0.4, -0.2) is 16.8 Å². The number of aliphatic imine (C=N–C) groups is 1. The first kappa shape index (κ1) is 18.4. The number of aryl methyl sites for hydroxylation is 1. The summed E-state index contributed by atoms with van der Waals surface area (Å²) in [6.45, 7) is 3.85. The number of hydrogen-bond donors (Lipinski definition) is 3. The second-order valence-corrected chi connectivity index (χ2v) is 7.54. The van der Waals surface area contributed by atoms with Crippen molar-refractivity contribution in [3.8, 4) is 0 Å². The van der Waals surface area contributed by atoms with Crippen molar-refractivity contribution < 1.29 is 9.18 Å². The molecule has 0 bridgehead atoms. The van der Waals surface area contributed by atoms with Crippen molar-refractivity contribution in [2.24, 2.45) is 10.8 Å². The van der Waals surface area contributed by atoms with Crippen LogP contribution in [0.25, 0.3) is 0 Å². The number of nitrogens with one attached hydrogen (secondary N) is 2. The van der Waals surface area contributed by atoms with E-state index in [4.69, 9.17) is 5.84 Å². The monoisotopic (exact) mass is 372 g/mol. The molecule has 2 aromatic carbocycles. The quantitative estimate of drug-likeness (QED) is 0.569. The zero-order valence-electron chi connectivity index (χ0n) is 14.7. The maximum atomic E-state index is 13.9. The predicted molar refractivity (Wildman–Crippen MR) is 105 cm³/mol. The van der Waals surface area contributed by atoms with Crippen LogP contribution in [0.15, 0.2) is 47.5 Å². The van der Waals surface area contributed by atoms with Crippen LogP contribution >= 0.6 is 11.8 Å². The minimum atomic E-state index is -0.538.